The molecule has 8 nitrogen and oxygen atoms in total. The molecular formula is C13H12N6O2. The number of carbonyl (C=O) groups is 1. The van der Waals surface area contributed by atoms with Crippen LogP contribution in [-0.2, 0) is 6.54 Å². The van der Waals surface area contributed by atoms with Gasteiger partial charge in [-0.15, -0.1) is 0 Å². The lowest BCUT2D eigenvalue weighted by Gasteiger charge is -2.10. The summed E-state index contributed by atoms with van der Waals surface area (Å²) >= 11 is 0. The fourth-order valence-electron chi connectivity index (χ4n) is 1.91. The molecule has 2 aromatic heterocycles. The molecule has 0 atom stereocenters. The summed E-state index contributed by atoms with van der Waals surface area (Å²) in [5, 5.41) is 13.7. The van der Waals surface area contributed by atoms with E-state index in [4.69, 9.17) is 5.73 Å². The van der Waals surface area contributed by atoms with Crippen LogP contribution in [0.3, 0.4) is 0 Å². The number of rotatable bonds is 4. The van der Waals surface area contributed by atoms with Gasteiger partial charge in [0.1, 0.15) is 0 Å². The zero-order chi connectivity index (χ0) is 14.7. The molecule has 2 heterocycles. The van der Waals surface area contributed by atoms with E-state index in [0.29, 0.717) is 6.54 Å². The summed E-state index contributed by atoms with van der Waals surface area (Å²) in [4.78, 5) is 11.9. The molecule has 1 amide bonds. The smallest absolute Gasteiger partial charge is 0.277 e. The van der Waals surface area contributed by atoms with Gasteiger partial charge in [-0.1, -0.05) is 18.2 Å². The summed E-state index contributed by atoms with van der Waals surface area (Å²) in [5.74, 6) is -0.475. The van der Waals surface area contributed by atoms with Gasteiger partial charge in [0.25, 0.3) is 5.91 Å². The van der Waals surface area contributed by atoms with Gasteiger partial charge in [-0.3, -0.25) is 4.79 Å². The Balaban J connectivity index is 1.77. The van der Waals surface area contributed by atoms with Crippen molar-refractivity contribution in [3.63, 3.8) is 0 Å². The van der Waals surface area contributed by atoms with Crippen LogP contribution in [0.2, 0.25) is 0 Å². The molecular weight excluding hydrogens is 272 g/mol. The molecule has 3 aromatic rings. The van der Waals surface area contributed by atoms with Crippen LogP contribution < -0.4 is 11.1 Å². The number of hydrogen-bond donors (Lipinski definition) is 2. The molecule has 0 unspecified atom stereocenters. The average molecular weight is 284 g/mol. The molecule has 1 aromatic carbocycles. The topological polar surface area (TPSA) is 112 Å². The minimum atomic E-state index is -0.441. The Morgan fingerprint density at radius 3 is 2.86 bits per heavy atom. The van der Waals surface area contributed by atoms with E-state index < -0.39 is 5.91 Å². The average Bonchev–Trinajstić information content (AvgIpc) is 3.16. The molecule has 0 aliphatic heterocycles. The Kier molecular flexibility index (Phi) is 3.34. The number of nitrogens with zero attached hydrogens (tertiary/aromatic N) is 4. The number of benzene rings is 1. The first-order chi connectivity index (χ1) is 10.3. The Hall–Kier alpha value is -3.16. The van der Waals surface area contributed by atoms with Crippen molar-refractivity contribution in [3.8, 4) is 5.69 Å². The lowest BCUT2D eigenvalue weighted by molar-refractivity contribution is 0.0941. The van der Waals surface area contributed by atoms with Crippen LogP contribution in [0.4, 0.5) is 5.82 Å². The Bertz CT molecular complexity index is 750. The molecule has 0 bridgehead atoms. The minimum Gasteiger partial charge on any atom is -0.379 e. The number of aromatic nitrogens is 4. The molecule has 3 N–H and O–H groups in total. The van der Waals surface area contributed by atoms with E-state index >= 15 is 0 Å². The summed E-state index contributed by atoms with van der Waals surface area (Å²) < 4.78 is 6.13. The number of amides is 1. The summed E-state index contributed by atoms with van der Waals surface area (Å²) in [6.07, 6.45) is 3.53. The zero-order valence-corrected chi connectivity index (χ0v) is 10.9. The standard InChI is InChI=1S/C13H12N6O2/c14-12-11(17-21-18-12)13(20)15-8-9-4-1-2-5-10(9)19-7-3-6-16-19/h1-7H,8H2,(H2,14,18)(H,15,20). The lowest BCUT2D eigenvalue weighted by atomic mass is 10.1. The zero-order valence-electron chi connectivity index (χ0n) is 10.9. The van der Waals surface area contributed by atoms with Gasteiger partial charge >= 0.3 is 0 Å². The number of nitrogen functional groups attached to an aromatic ring is 1. The van der Waals surface area contributed by atoms with Crippen molar-refractivity contribution >= 4 is 11.7 Å². The molecule has 0 saturated carbocycles. The molecule has 0 radical (unpaired) electrons. The fourth-order valence-corrected chi connectivity index (χ4v) is 1.91. The molecule has 106 valence electrons. The highest BCUT2D eigenvalue weighted by molar-refractivity contribution is 5.95. The highest BCUT2D eigenvalue weighted by Crippen LogP contribution is 2.13. The second-order valence-corrected chi connectivity index (χ2v) is 4.26. The van der Waals surface area contributed by atoms with E-state index in [0.717, 1.165) is 11.3 Å². The van der Waals surface area contributed by atoms with Crippen LogP contribution in [0.15, 0.2) is 47.4 Å². The maximum absolute atomic E-state index is 11.9. The highest BCUT2D eigenvalue weighted by Gasteiger charge is 2.16. The third-order valence-corrected chi connectivity index (χ3v) is 2.91. The number of para-hydroxylation sites is 1. The van der Waals surface area contributed by atoms with E-state index in [9.17, 15) is 4.79 Å². The SMILES string of the molecule is Nc1nonc1C(=O)NCc1ccccc1-n1cccn1. The van der Waals surface area contributed by atoms with Gasteiger partial charge in [0, 0.05) is 18.9 Å². The van der Waals surface area contributed by atoms with Gasteiger partial charge < -0.3 is 11.1 Å². The highest BCUT2D eigenvalue weighted by atomic mass is 16.6. The molecule has 8 heteroatoms. The van der Waals surface area contributed by atoms with Crippen LogP contribution in [-0.4, -0.2) is 26.0 Å². The molecule has 21 heavy (non-hydrogen) atoms. The van der Waals surface area contributed by atoms with E-state index in [-0.39, 0.29) is 11.5 Å². The Morgan fingerprint density at radius 1 is 1.29 bits per heavy atom. The fraction of sp³-hybridized carbons (Fsp3) is 0.0769. The van der Waals surface area contributed by atoms with Gasteiger partial charge in [-0.25, -0.2) is 9.31 Å². The molecule has 3 rings (SSSR count). The molecule has 0 spiro atoms. The first kappa shape index (κ1) is 12.9. The molecule has 0 aliphatic carbocycles. The molecule has 0 fully saturated rings. The normalized spacial score (nSPS) is 10.5. The first-order valence-electron chi connectivity index (χ1n) is 6.20. The predicted octanol–water partition coefficient (Wildman–Crippen LogP) is 0.767. The number of hydrogen-bond acceptors (Lipinski definition) is 6. The maximum atomic E-state index is 11.9. The minimum absolute atomic E-state index is 0.0217. The third kappa shape index (κ3) is 2.59. The lowest BCUT2D eigenvalue weighted by Crippen LogP contribution is -2.24. The van der Waals surface area contributed by atoms with Crippen LogP contribution in [0, 0.1) is 0 Å². The number of nitrogens with two attached hydrogens (primary N) is 1. The summed E-state index contributed by atoms with van der Waals surface area (Å²) in [5.41, 5.74) is 7.24. The number of anilines is 1. The van der Waals surface area contributed by atoms with Gasteiger partial charge in [0.15, 0.2) is 0 Å². The van der Waals surface area contributed by atoms with E-state index in [1.165, 1.54) is 0 Å². The van der Waals surface area contributed by atoms with Crippen molar-refractivity contribution in [2.75, 3.05) is 5.73 Å². The Morgan fingerprint density at radius 2 is 2.14 bits per heavy atom. The van der Waals surface area contributed by atoms with Crippen molar-refractivity contribution in [2.24, 2.45) is 0 Å². The van der Waals surface area contributed by atoms with Gasteiger partial charge in [0.2, 0.25) is 11.5 Å². The second kappa shape index (κ2) is 5.45. The van der Waals surface area contributed by atoms with Crippen LogP contribution in [0.25, 0.3) is 5.69 Å². The summed E-state index contributed by atoms with van der Waals surface area (Å²) in [7, 11) is 0. The third-order valence-electron chi connectivity index (χ3n) is 2.91. The van der Waals surface area contributed by atoms with Crippen LogP contribution in [0.5, 0.6) is 0 Å². The van der Waals surface area contributed by atoms with Crippen molar-refractivity contribution in [2.45, 2.75) is 6.54 Å². The monoisotopic (exact) mass is 284 g/mol. The second-order valence-electron chi connectivity index (χ2n) is 4.26. The van der Waals surface area contributed by atoms with Gasteiger partial charge in [-0.2, -0.15) is 5.10 Å². The Labute approximate surface area is 119 Å². The molecule has 0 saturated heterocycles. The van der Waals surface area contributed by atoms with E-state index in [1.807, 2.05) is 36.5 Å². The van der Waals surface area contributed by atoms with Gasteiger partial charge in [-0.05, 0) is 28.0 Å². The van der Waals surface area contributed by atoms with Crippen molar-refractivity contribution in [1.82, 2.24) is 25.4 Å². The quantitative estimate of drug-likeness (QED) is 0.731. The van der Waals surface area contributed by atoms with Gasteiger partial charge in [0.05, 0.1) is 5.69 Å². The number of carbonyl (C=O) groups excluding carboxylic acids is 1. The predicted molar refractivity (Wildman–Crippen MR) is 73.4 cm³/mol. The van der Waals surface area contributed by atoms with Crippen molar-refractivity contribution in [3.05, 3.63) is 54.0 Å². The van der Waals surface area contributed by atoms with Crippen LogP contribution >= 0.6 is 0 Å². The summed E-state index contributed by atoms with van der Waals surface area (Å²) in [6, 6.07) is 9.45. The largest absolute Gasteiger partial charge is 0.379 e. The maximum Gasteiger partial charge on any atom is 0.277 e. The van der Waals surface area contributed by atoms with E-state index in [2.05, 4.69) is 25.4 Å². The summed E-state index contributed by atoms with van der Waals surface area (Å²) in [6.45, 7) is 0.307. The van der Waals surface area contributed by atoms with Crippen LogP contribution in [0.1, 0.15) is 16.1 Å². The van der Waals surface area contributed by atoms with Crippen molar-refractivity contribution in [1.29, 1.82) is 0 Å². The van der Waals surface area contributed by atoms with Crippen molar-refractivity contribution < 1.29 is 9.42 Å². The number of nitrogens with one attached hydrogen (secondary N) is 1. The van der Waals surface area contributed by atoms with E-state index in [1.54, 1.807) is 10.9 Å². The first-order valence-corrected chi connectivity index (χ1v) is 6.20. The molecule has 0 aliphatic rings.